The highest BCUT2D eigenvalue weighted by molar-refractivity contribution is 7.89. The molecular weight excluding hydrogens is 508 g/mol. The van der Waals surface area contributed by atoms with Crippen molar-refractivity contribution in [3.8, 4) is 34.1 Å². The Kier molecular flexibility index (Phi) is 7.20. The van der Waals surface area contributed by atoms with E-state index in [1.807, 2.05) is 36.5 Å². The molecule has 10 heteroatoms. The number of nitrogens with one attached hydrogen (secondary N) is 2. The molecule has 1 aromatic heterocycles. The van der Waals surface area contributed by atoms with Crippen LogP contribution in [0, 0.1) is 0 Å². The van der Waals surface area contributed by atoms with Gasteiger partial charge in [0.15, 0.2) is 11.5 Å². The van der Waals surface area contributed by atoms with Gasteiger partial charge in [-0.3, -0.25) is 0 Å². The third-order valence-corrected chi connectivity index (χ3v) is 8.25. The monoisotopic (exact) mass is 538 g/mol. The number of H-pyrrole nitrogens is 1. The predicted octanol–water partition coefficient (Wildman–Crippen LogP) is 3.68. The summed E-state index contributed by atoms with van der Waals surface area (Å²) in [6.07, 6.45) is 2.73. The molecule has 0 aliphatic carbocycles. The maximum atomic E-state index is 13.7. The van der Waals surface area contributed by atoms with E-state index in [4.69, 9.17) is 18.9 Å². The van der Waals surface area contributed by atoms with Crippen molar-refractivity contribution < 1.29 is 32.5 Å². The number of aliphatic hydroxyl groups excluding tert-OH is 1. The molecule has 4 aromatic rings. The lowest BCUT2D eigenvalue weighted by Gasteiger charge is -2.19. The maximum absolute atomic E-state index is 13.7. The molecule has 0 unspecified atom stereocenters. The summed E-state index contributed by atoms with van der Waals surface area (Å²) in [7, 11) is 0.520. The molecule has 0 radical (unpaired) electrons. The van der Waals surface area contributed by atoms with Crippen LogP contribution >= 0.6 is 0 Å². The van der Waals surface area contributed by atoms with E-state index in [-0.39, 0.29) is 11.5 Å². The van der Waals surface area contributed by atoms with E-state index in [1.165, 1.54) is 21.3 Å². The van der Waals surface area contributed by atoms with Crippen molar-refractivity contribution >= 4 is 20.9 Å². The number of para-hydroxylation sites is 1. The number of methoxy groups -OCH3 is 3. The summed E-state index contributed by atoms with van der Waals surface area (Å²) in [4.78, 5) is 3.21. The fourth-order valence-corrected chi connectivity index (χ4v) is 6.32. The largest absolute Gasteiger partial charge is 0.493 e. The van der Waals surface area contributed by atoms with Crippen molar-refractivity contribution in [3.05, 3.63) is 65.9 Å². The van der Waals surface area contributed by atoms with Gasteiger partial charge in [0.1, 0.15) is 10.6 Å². The molecule has 0 saturated heterocycles. The van der Waals surface area contributed by atoms with Gasteiger partial charge in [-0.2, -0.15) is 0 Å². The van der Waals surface area contributed by atoms with E-state index in [0.717, 1.165) is 22.0 Å². The Bertz CT molecular complexity index is 1550. The first kappa shape index (κ1) is 25.9. The highest BCUT2D eigenvalue weighted by Crippen LogP contribution is 2.43. The summed E-state index contributed by atoms with van der Waals surface area (Å²) in [6, 6.07) is 14.1. The number of fused-ring (bicyclic) bond motifs is 2. The highest BCUT2D eigenvalue weighted by Gasteiger charge is 2.29. The average molecular weight is 539 g/mol. The van der Waals surface area contributed by atoms with Gasteiger partial charge in [0.2, 0.25) is 15.8 Å². The second-order valence-electron chi connectivity index (χ2n) is 9.04. The average Bonchev–Trinajstić information content (AvgIpc) is 3.58. The summed E-state index contributed by atoms with van der Waals surface area (Å²) in [5.41, 5.74) is 4.00. The third kappa shape index (κ3) is 4.78. The van der Waals surface area contributed by atoms with Gasteiger partial charge in [-0.05, 0) is 59.0 Å². The minimum absolute atomic E-state index is 0.0219. The molecular formula is C28H30N2O7S. The number of hydrogen-bond donors (Lipinski definition) is 3. The Balaban J connectivity index is 1.52. The SMILES string of the molecule is COc1cc(-c2cc3c(c(S(=O)(=O)N[C@@H](CO)Cc4c[nH]c5ccccc45)c2)OCC3)cc(OC)c1OC. The molecule has 200 valence electrons. The van der Waals surface area contributed by atoms with Crippen molar-refractivity contribution in [2.24, 2.45) is 0 Å². The molecule has 0 spiro atoms. The minimum atomic E-state index is -4.06. The molecule has 0 amide bonds. The van der Waals surface area contributed by atoms with E-state index in [2.05, 4.69) is 9.71 Å². The molecule has 38 heavy (non-hydrogen) atoms. The predicted molar refractivity (Wildman–Crippen MR) is 144 cm³/mol. The van der Waals surface area contributed by atoms with Gasteiger partial charge in [-0.25, -0.2) is 13.1 Å². The maximum Gasteiger partial charge on any atom is 0.244 e. The van der Waals surface area contributed by atoms with Gasteiger partial charge < -0.3 is 29.0 Å². The van der Waals surface area contributed by atoms with E-state index in [1.54, 1.807) is 18.2 Å². The third-order valence-electron chi connectivity index (χ3n) is 6.72. The number of aliphatic hydroxyl groups is 1. The van der Waals surface area contributed by atoms with Gasteiger partial charge in [0.05, 0.1) is 34.5 Å². The fourth-order valence-electron chi connectivity index (χ4n) is 4.88. The topological polar surface area (TPSA) is 119 Å². The number of ether oxygens (including phenoxy) is 4. The van der Waals surface area contributed by atoms with Crippen molar-refractivity contribution in [2.45, 2.75) is 23.8 Å². The van der Waals surface area contributed by atoms with Crippen LogP contribution in [0.15, 0.2) is 59.6 Å². The summed E-state index contributed by atoms with van der Waals surface area (Å²) < 4.78 is 52.3. The molecule has 0 fully saturated rings. The van der Waals surface area contributed by atoms with Crippen LogP contribution in [0.5, 0.6) is 23.0 Å². The number of rotatable bonds is 10. The van der Waals surface area contributed by atoms with E-state index < -0.39 is 16.1 Å². The van der Waals surface area contributed by atoms with E-state index >= 15 is 0 Å². The molecule has 0 saturated carbocycles. The van der Waals surface area contributed by atoms with Crippen LogP contribution in [0.2, 0.25) is 0 Å². The van der Waals surface area contributed by atoms with E-state index in [9.17, 15) is 13.5 Å². The summed E-state index contributed by atoms with van der Waals surface area (Å²) in [5, 5.41) is 11.1. The number of hydrogen-bond acceptors (Lipinski definition) is 7. The first-order valence-electron chi connectivity index (χ1n) is 12.2. The molecule has 9 nitrogen and oxygen atoms in total. The number of aromatic nitrogens is 1. The van der Waals surface area contributed by atoms with Crippen molar-refractivity contribution in [1.82, 2.24) is 9.71 Å². The van der Waals surface area contributed by atoms with Gasteiger partial charge >= 0.3 is 0 Å². The molecule has 1 aliphatic rings. The van der Waals surface area contributed by atoms with Crippen LogP contribution < -0.4 is 23.7 Å². The quantitative estimate of drug-likeness (QED) is 0.282. The van der Waals surface area contributed by atoms with Crippen molar-refractivity contribution in [2.75, 3.05) is 34.5 Å². The Hall–Kier alpha value is -3.73. The first-order valence-corrected chi connectivity index (χ1v) is 13.6. The van der Waals surface area contributed by atoms with Crippen LogP contribution in [0.4, 0.5) is 0 Å². The van der Waals surface area contributed by atoms with E-state index in [0.29, 0.717) is 53.6 Å². The molecule has 0 bridgehead atoms. The number of benzene rings is 3. The summed E-state index contributed by atoms with van der Waals surface area (Å²) in [6.45, 7) is 0.0175. The summed E-state index contributed by atoms with van der Waals surface area (Å²) in [5.74, 6) is 1.69. The van der Waals surface area contributed by atoms with Gasteiger partial charge in [0.25, 0.3) is 0 Å². The number of aromatic amines is 1. The Labute approximate surface area is 221 Å². The normalized spacial score (nSPS) is 13.7. The Morgan fingerprint density at radius 1 is 1.03 bits per heavy atom. The zero-order valence-corrected chi connectivity index (χ0v) is 22.2. The minimum Gasteiger partial charge on any atom is -0.493 e. The lowest BCUT2D eigenvalue weighted by atomic mass is 10.0. The smallest absolute Gasteiger partial charge is 0.244 e. The van der Waals surface area contributed by atoms with Crippen LogP contribution in [-0.4, -0.2) is 59.1 Å². The van der Waals surface area contributed by atoms with Crippen molar-refractivity contribution in [3.63, 3.8) is 0 Å². The molecule has 3 N–H and O–H groups in total. The van der Waals surface area contributed by atoms with Crippen LogP contribution in [0.3, 0.4) is 0 Å². The summed E-state index contributed by atoms with van der Waals surface area (Å²) >= 11 is 0. The van der Waals surface area contributed by atoms with Crippen molar-refractivity contribution in [1.29, 1.82) is 0 Å². The number of sulfonamides is 1. The standard InChI is InChI=1S/C28H30N2O7S/c1-34-24-12-19(13-25(35-2)28(24)36-3)18-10-17-8-9-37-27(17)26(14-18)38(32,33)30-21(16-31)11-20-15-29-23-7-5-4-6-22(20)23/h4-7,10,12-15,21,29-31H,8-9,11,16H2,1-3H3/t21-/m1/s1. The first-order chi connectivity index (χ1) is 18.4. The lowest BCUT2D eigenvalue weighted by molar-refractivity contribution is 0.256. The molecule has 1 atom stereocenters. The molecule has 5 rings (SSSR count). The zero-order chi connectivity index (χ0) is 26.9. The van der Waals surface area contributed by atoms with Crippen LogP contribution in [-0.2, 0) is 22.9 Å². The van der Waals surface area contributed by atoms with Crippen LogP contribution in [0.1, 0.15) is 11.1 Å². The Morgan fingerprint density at radius 2 is 1.74 bits per heavy atom. The molecule has 2 heterocycles. The molecule has 1 aliphatic heterocycles. The van der Waals surface area contributed by atoms with Crippen LogP contribution in [0.25, 0.3) is 22.0 Å². The fraction of sp³-hybridized carbons (Fsp3) is 0.286. The van der Waals surface area contributed by atoms with Gasteiger partial charge in [-0.1, -0.05) is 18.2 Å². The highest BCUT2D eigenvalue weighted by atomic mass is 32.2. The zero-order valence-electron chi connectivity index (χ0n) is 21.4. The lowest BCUT2D eigenvalue weighted by Crippen LogP contribution is -2.39. The Morgan fingerprint density at radius 3 is 2.42 bits per heavy atom. The second kappa shape index (κ2) is 10.6. The second-order valence-corrected chi connectivity index (χ2v) is 10.7. The van der Waals surface area contributed by atoms with Gasteiger partial charge in [-0.15, -0.1) is 0 Å². The molecule has 3 aromatic carbocycles. The van der Waals surface area contributed by atoms with Gasteiger partial charge in [0, 0.05) is 29.6 Å².